The van der Waals surface area contributed by atoms with Crippen molar-refractivity contribution in [3.8, 4) is 28.5 Å². The lowest BCUT2D eigenvalue weighted by atomic mass is 10.1. The molecule has 0 unspecified atom stereocenters. The van der Waals surface area contributed by atoms with Crippen LogP contribution in [0.25, 0.3) is 22.8 Å². The highest BCUT2D eigenvalue weighted by Crippen LogP contribution is 2.34. The van der Waals surface area contributed by atoms with Crippen LogP contribution in [0.5, 0.6) is 5.75 Å². The first-order chi connectivity index (χ1) is 13.0. The molecule has 0 fully saturated rings. The molecule has 0 bridgehead atoms. The Hall–Kier alpha value is -3.01. The first kappa shape index (κ1) is 18.8. The number of rotatable bonds is 7. The van der Waals surface area contributed by atoms with Crippen LogP contribution in [0.15, 0.2) is 41.2 Å². The van der Waals surface area contributed by atoms with Gasteiger partial charge in [-0.3, -0.25) is 9.97 Å². The second-order valence-electron chi connectivity index (χ2n) is 5.51. The van der Waals surface area contributed by atoms with Crippen LogP contribution in [-0.2, 0) is 6.18 Å². The summed E-state index contributed by atoms with van der Waals surface area (Å²) in [4.78, 5) is 11.9. The Balaban J connectivity index is 1.97. The molecular weight excluding hydrogens is 363 g/mol. The van der Waals surface area contributed by atoms with Crippen LogP contribution in [-0.4, -0.2) is 40.3 Å². The molecule has 0 aliphatic carbocycles. The summed E-state index contributed by atoms with van der Waals surface area (Å²) in [6.45, 7) is 1.08. The van der Waals surface area contributed by atoms with E-state index in [9.17, 15) is 13.2 Å². The molecule has 0 saturated carbocycles. The maximum atomic E-state index is 12.8. The van der Waals surface area contributed by atoms with E-state index < -0.39 is 12.1 Å². The minimum atomic E-state index is -4.73. The van der Waals surface area contributed by atoms with Crippen molar-refractivity contribution in [2.75, 3.05) is 20.2 Å². The predicted octanol–water partition coefficient (Wildman–Crippen LogP) is 3.20. The first-order valence-electron chi connectivity index (χ1n) is 8.09. The van der Waals surface area contributed by atoms with Crippen molar-refractivity contribution in [3.63, 3.8) is 0 Å². The van der Waals surface area contributed by atoms with E-state index in [2.05, 4.69) is 29.9 Å². The van der Waals surface area contributed by atoms with Gasteiger partial charge in [-0.15, -0.1) is 0 Å². The van der Waals surface area contributed by atoms with Gasteiger partial charge in [0.1, 0.15) is 5.75 Å². The second kappa shape index (κ2) is 8.12. The van der Waals surface area contributed by atoms with E-state index in [1.165, 1.54) is 12.3 Å². The molecule has 0 aliphatic rings. The van der Waals surface area contributed by atoms with Gasteiger partial charge in [-0.1, -0.05) is 11.2 Å². The van der Waals surface area contributed by atoms with Crippen LogP contribution in [0.1, 0.15) is 12.3 Å². The Morgan fingerprint density at radius 2 is 2.04 bits per heavy atom. The lowest BCUT2D eigenvalue weighted by Gasteiger charge is -2.10. The number of halogens is 3. The molecule has 0 aliphatic heterocycles. The third kappa shape index (κ3) is 4.59. The molecule has 0 atom stereocenters. The highest BCUT2D eigenvalue weighted by atomic mass is 19.4. The van der Waals surface area contributed by atoms with Gasteiger partial charge in [0.25, 0.3) is 0 Å². The Kier molecular flexibility index (Phi) is 5.65. The lowest BCUT2D eigenvalue weighted by Crippen LogP contribution is -2.12. The molecule has 0 amide bonds. The van der Waals surface area contributed by atoms with Gasteiger partial charge in [0.15, 0.2) is 0 Å². The first-order valence-corrected chi connectivity index (χ1v) is 8.09. The van der Waals surface area contributed by atoms with Crippen molar-refractivity contribution in [2.24, 2.45) is 0 Å². The van der Waals surface area contributed by atoms with Crippen molar-refractivity contribution in [1.29, 1.82) is 0 Å². The van der Waals surface area contributed by atoms with Crippen LogP contribution < -0.4 is 10.1 Å². The third-order valence-corrected chi connectivity index (χ3v) is 3.53. The van der Waals surface area contributed by atoms with Crippen LogP contribution >= 0.6 is 0 Å². The van der Waals surface area contributed by atoms with Gasteiger partial charge in [0.2, 0.25) is 5.82 Å². The molecule has 1 N–H and O–H groups in total. The molecule has 3 aromatic rings. The van der Waals surface area contributed by atoms with E-state index in [0.29, 0.717) is 24.4 Å². The average molecular weight is 379 g/mol. The van der Waals surface area contributed by atoms with Crippen molar-refractivity contribution in [3.05, 3.63) is 42.5 Å². The highest BCUT2D eigenvalue weighted by molar-refractivity contribution is 5.69. The fraction of sp³-hybridized carbons (Fsp3) is 0.294. The molecule has 142 valence electrons. The summed E-state index contributed by atoms with van der Waals surface area (Å²) in [5, 5.41) is 6.43. The van der Waals surface area contributed by atoms with Crippen LogP contribution in [0.3, 0.4) is 0 Å². The average Bonchev–Trinajstić information content (AvgIpc) is 3.16. The van der Waals surface area contributed by atoms with Crippen molar-refractivity contribution >= 4 is 0 Å². The van der Waals surface area contributed by atoms with Gasteiger partial charge >= 0.3 is 12.1 Å². The quantitative estimate of drug-likeness (QED) is 0.631. The van der Waals surface area contributed by atoms with Gasteiger partial charge in [-0.05, 0) is 38.2 Å². The smallest absolute Gasteiger partial charge is 0.471 e. The molecule has 0 radical (unpaired) electrons. The number of pyridine rings is 2. The Morgan fingerprint density at radius 1 is 1.19 bits per heavy atom. The molecule has 0 spiro atoms. The minimum Gasteiger partial charge on any atom is -0.491 e. The monoisotopic (exact) mass is 379 g/mol. The summed E-state index contributed by atoms with van der Waals surface area (Å²) in [5.41, 5.74) is 1.25. The van der Waals surface area contributed by atoms with E-state index in [4.69, 9.17) is 4.74 Å². The van der Waals surface area contributed by atoms with Gasteiger partial charge in [0, 0.05) is 6.20 Å². The van der Waals surface area contributed by atoms with E-state index in [1.807, 2.05) is 7.05 Å². The summed E-state index contributed by atoms with van der Waals surface area (Å²) >= 11 is 0. The maximum absolute atomic E-state index is 12.8. The number of alkyl halides is 3. The van der Waals surface area contributed by atoms with Crippen LogP contribution in [0.2, 0.25) is 0 Å². The van der Waals surface area contributed by atoms with Gasteiger partial charge < -0.3 is 14.6 Å². The number of hydrogen-bond acceptors (Lipinski definition) is 7. The molecular formula is C17H16F3N5O2. The standard InChI is InChI=1S/C17H16F3N5O2/c1-21-6-4-8-26-14-10-23-13(12-5-2-3-7-22-12)9-11(14)15-24-16(27-25-15)17(18,19)20/h2-3,5,7,9-10,21H,4,6,8H2,1H3. The van der Waals surface area contributed by atoms with Gasteiger partial charge in [0.05, 0.1) is 29.8 Å². The summed E-state index contributed by atoms with van der Waals surface area (Å²) < 4.78 is 48.4. The second-order valence-corrected chi connectivity index (χ2v) is 5.51. The Labute approximate surface area is 152 Å². The summed E-state index contributed by atoms with van der Waals surface area (Å²) in [5.74, 6) is -1.39. The van der Waals surface area contributed by atoms with Crippen molar-refractivity contribution < 1.29 is 22.4 Å². The van der Waals surface area contributed by atoms with Gasteiger partial charge in [-0.25, -0.2) is 0 Å². The molecule has 27 heavy (non-hydrogen) atoms. The van der Waals surface area contributed by atoms with Crippen molar-refractivity contribution in [1.82, 2.24) is 25.4 Å². The molecule has 3 heterocycles. The highest BCUT2D eigenvalue weighted by Gasteiger charge is 2.38. The van der Waals surface area contributed by atoms with Crippen LogP contribution in [0.4, 0.5) is 13.2 Å². The molecule has 0 saturated heterocycles. The number of ether oxygens (including phenoxy) is 1. The molecule has 3 aromatic heterocycles. The van der Waals surface area contributed by atoms with E-state index in [0.717, 1.165) is 6.54 Å². The molecule has 10 heteroatoms. The maximum Gasteiger partial charge on any atom is 0.471 e. The minimum absolute atomic E-state index is 0.231. The van der Waals surface area contributed by atoms with E-state index >= 15 is 0 Å². The Morgan fingerprint density at radius 3 is 2.70 bits per heavy atom. The number of aromatic nitrogens is 4. The predicted molar refractivity (Wildman–Crippen MR) is 89.8 cm³/mol. The number of nitrogens with one attached hydrogen (secondary N) is 1. The fourth-order valence-corrected chi connectivity index (χ4v) is 2.27. The van der Waals surface area contributed by atoms with E-state index in [1.54, 1.807) is 24.4 Å². The summed E-state index contributed by atoms with van der Waals surface area (Å²) in [6, 6.07) is 6.79. The molecule has 3 rings (SSSR count). The number of nitrogens with zero attached hydrogens (tertiary/aromatic N) is 4. The number of hydrogen-bond donors (Lipinski definition) is 1. The van der Waals surface area contributed by atoms with Crippen LogP contribution in [0, 0.1) is 0 Å². The zero-order chi connectivity index (χ0) is 19.3. The fourth-order valence-electron chi connectivity index (χ4n) is 2.27. The molecule has 0 aromatic carbocycles. The van der Waals surface area contributed by atoms with Crippen molar-refractivity contribution in [2.45, 2.75) is 12.6 Å². The normalized spacial score (nSPS) is 11.6. The zero-order valence-corrected chi connectivity index (χ0v) is 14.3. The topological polar surface area (TPSA) is 86.0 Å². The SMILES string of the molecule is CNCCCOc1cnc(-c2ccccn2)cc1-c1noc(C(F)(F)F)n1. The Bertz CT molecular complexity index is 884. The summed E-state index contributed by atoms with van der Waals surface area (Å²) in [7, 11) is 1.81. The summed E-state index contributed by atoms with van der Waals surface area (Å²) in [6.07, 6.45) is -1.01. The molecule has 7 nitrogen and oxygen atoms in total. The van der Waals surface area contributed by atoms with E-state index in [-0.39, 0.29) is 17.1 Å². The van der Waals surface area contributed by atoms with Gasteiger partial charge in [-0.2, -0.15) is 18.2 Å². The third-order valence-electron chi connectivity index (χ3n) is 3.53. The zero-order valence-electron chi connectivity index (χ0n) is 14.3. The largest absolute Gasteiger partial charge is 0.491 e. The lowest BCUT2D eigenvalue weighted by molar-refractivity contribution is -0.159.